The van der Waals surface area contributed by atoms with E-state index in [1.54, 1.807) is 25.3 Å². The Balaban J connectivity index is 2.95. The van der Waals surface area contributed by atoms with E-state index in [9.17, 15) is 9.90 Å². The van der Waals surface area contributed by atoms with Gasteiger partial charge in [0.05, 0.1) is 21.3 Å². The van der Waals surface area contributed by atoms with Crippen LogP contribution < -0.4 is 9.47 Å². The number of hydrogen-bond donors (Lipinski definition) is 1. The third-order valence-electron chi connectivity index (χ3n) is 2.62. The maximum absolute atomic E-state index is 11.4. The molecule has 1 rings (SSSR count). The fraction of sp³-hybridized carbons (Fsp3) is 0.462. The molecule has 0 aliphatic rings. The van der Waals surface area contributed by atoms with E-state index in [1.165, 1.54) is 21.1 Å². The summed E-state index contributed by atoms with van der Waals surface area (Å²) in [5, 5.41) is 9.98. The maximum Gasteiger partial charge on any atom is 0.337 e. The van der Waals surface area contributed by atoms with E-state index in [-0.39, 0.29) is 6.42 Å². The number of methoxy groups -OCH3 is 3. The van der Waals surface area contributed by atoms with Crippen LogP contribution in [-0.4, -0.2) is 38.0 Å². The molecule has 18 heavy (non-hydrogen) atoms. The molecule has 5 nitrogen and oxygen atoms in total. The Kier molecular flexibility index (Phi) is 4.55. The number of carbonyl (C=O) groups is 1. The molecule has 0 bridgehead atoms. The maximum atomic E-state index is 11.4. The van der Waals surface area contributed by atoms with Crippen LogP contribution in [0.3, 0.4) is 0 Å². The van der Waals surface area contributed by atoms with Gasteiger partial charge in [0.25, 0.3) is 0 Å². The van der Waals surface area contributed by atoms with Crippen molar-refractivity contribution in [3.05, 3.63) is 23.8 Å². The Labute approximate surface area is 106 Å². The van der Waals surface area contributed by atoms with Crippen molar-refractivity contribution in [2.75, 3.05) is 21.3 Å². The van der Waals surface area contributed by atoms with Crippen LogP contribution in [0.5, 0.6) is 11.5 Å². The number of ether oxygens (including phenoxy) is 3. The summed E-state index contributed by atoms with van der Waals surface area (Å²) in [4.78, 5) is 11.4. The number of benzene rings is 1. The highest BCUT2D eigenvalue weighted by atomic mass is 16.5. The first-order valence-corrected chi connectivity index (χ1v) is 5.46. The summed E-state index contributed by atoms with van der Waals surface area (Å²) >= 11 is 0. The fourth-order valence-corrected chi connectivity index (χ4v) is 1.68. The summed E-state index contributed by atoms with van der Waals surface area (Å²) < 4.78 is 14.8. The van der Waals surface area contributed by atoms with Crippen LogP contribution in [0.25, 0.3) is 0 Å². The molecular formula is C13H18O5. The second-order valence-corrected chi connectivity index (χ2v) is 4.13. The van der Waals surface area contributed by atoms with Crippen molar-refractivity contribution in [3.63, 3.8) is 0 Å². The molecule has 5 heteroatoms. The van der Waals surface area contributed by atoms with E-state index >= 15 is 0 Å². The first-order valence-electron chi connectivity index (χ1n) is 5.46. The number of carbonyl (C=O) groups excluding carboxylic acids is 1. The molecule has 0 saturated heterocycles. The molecule has 0 radical (unpaired) electrons. The average molecular weight is 254 g/mol. The fourth-order valence-electron chi connectivity index (χ4n) is 1.68. The highest BCUT2D eigenvalue weighted by molar-refractivity contribution is 5.79. The molecule has 1 atom stereocenters. The molecule has 100 valence electrons. The number of aliphatic hydroxyl groups is 1. The van der Waals surface area contributed by atoms with E-state index < -0.39 is 11.6 Å². The van der Waals surface area contributed by atoms with Crippen LogP contribution in [0.1, 0.15) is 12.5 Å². The van der Waals surface area contributed by atoms with Crippen LogP contribution in [0.4, 0.5) is 0 Å². The normalized spacial score (nSPS) is 13.6. The first kappa shape index (κ1) is 14.3. The minimum Gasteiger partial charge on any atom is -0.493 e. The van der Waals surface area contributed by atoms with E-state index in [2.05, 4.69) is 4.74 Å². The summed E-state index contributed by atoms with van der Waals surface area (Å²) in [7, 11) is 4.31. The topological polar surface area (TPSA) is 65.0 Å². The third kappa shape index (κ3) is 3.13. The van der Waals surface area contributed by atoms with Gasteiger partial charge in [-0.25, -0.2) is 4.79 Å². The summed E-state index contributed by atoms with van der Waals surface area (Å²) in [5.41, 5.74) is -0.808. The Bertz CT molecular complexity index is 425. The standard InChI is InChI=1S/C13H18O5/c1-13(15,12(14)18-4)8-9-5-6-10(16-2)11(7-9)17-3/h5-7,15H,8H2,1-4H3. The summed E-state index contributed by atoms with van der Waals surface area (Å²) in [5.74, 6) is 0.479. The van der Waals surface area contributed by atoms with E-state index in [1.807, 2.05) is 0 Å². The predicted molar refractivity (Wildman–Crippen MR) is 65.9 cm³/mol. The molecule has 1 N–H and O–H groups in total. The monoisotopic (exact) mass is 254 g/mol. The lowest BCUT2D eigenvalue weighted by atomic mass is 9.96. The Morgan fingerprint density at radius 1 is 1.22 bits per heavy atom. The van der Waals surface area contributed by atoms with Crippen LogP contribution in [0, 0.1) is 0 Å². The Morgan fingerprint density at radius 3 is 2.33 bits per heavy atom. The molecule has 0 aromatic heterocycles. The molecule has 0 heterocycles. The first-order chi connectivity index (χ1) is 8.44. The van der Waals surface area contributed by atoms with Gasteiger partial charge in [-0.2, -0.15) is 0 Å². The van der Waals surface area contributed by atoms with Gasteiger partial charge in [0, 0.05) is 6.42 Å². The zero-order chi connectivity index (χ0) is 13.8. The minimum absolute atomic E-state index is 0.139. The SMILES string of the molecule is COC(=O)C(C)(O)Cc1ccc(OC)c(OC)c1. The molecule has 1 aromatic rings. The van der Waals surface area contributed by atoms with Gasteiger partial charge in [0.15, 0.2) is 17.1 Å². The van der Waals surface area contributed by atoms with Crippen molar-refractivity contribution >= 4 is 5.97 Å². The largest absolute Gasteiger partial charge is 0.493 e. The van der Waals surface area contributed by atoms with Gasteiger partial charge in [-0.05, 0) is 24.6 Å². The summed E-state index contributed by atoms with van der Waals surface area (Å²) in [6.07, 6.45) is 0.139. The summed E-state index contributed by atoms with van der Waals surface area (Å²) in [6.45, 7) is 1.41. The number of esters is 1. The van der Waals surface area contributed by atoms with Gasteiger partial charge in [0.2, 0.25) is 0 Å². The van der Waals surface area contributed by atoms with Crippen molar-refractivity contribution in [3.8, 4) is 11.5 Å². The zero-order valence-electron chi connectivity index (χ0n) is 11.0. The van der Waals surface area contributed by atoms with Crippen LogP contribution in [-0.2, 0) is 16.0 Å². The smallest absolute Gasteiger partial charge is 0.337 e. The van der Waals surface area contributed by atoms with Crippen LogP contribution in [0.2, 0.25) is 0 Å². The van der Waals surface area contributed by atoms with Gasteiger partial charge in [-0.1, -0.05) is 6.07 Å². The molecule has 0 amide bonds. The molecule has 0 saturated carbocycles. The second-order valence-electron chi connectivity index (χ2n) is 4.13. The van der Waals surface area contributed by atoms with Crippen molar-refractivity contribution < 1.29 is 24.1 Å². The lowest BCUT2D eigenvalue weighted by molar-refractivity contribution is -0.160. The molecular weight excluding hydrogens is 236 g/mol. The van der Waals surface area contributed by atoms with Crippen molar-refractivity contribution in [2.24, 2.45) is 0 Å². The number of hydrogen-bond acceptors (Lipinski definition) is 5. The van der Waals surface area contributed by atoms with Gasteiger partial charge in [-0.3, -0.25) is 0 Å². The molecule has 0 aliphatic carbocycles. The third-order valence-corrected chi connectivity index (χ3v) is 2.62. The van der Waals surface area contributed by atoms with Crippen molar-refractivity contribution in [2.45, 2.75) is 18.9 Å². The van der Waals surface area contributed by atoms with Crippen molar-refractivity contribution in [1.82, 2.24) is 0 Å². The lowest BCUT2D eigenvalue weighted by Crippen LogP contribution is -2.38. The highest BCUT2D eigenvalue weighted by Gasteiger charge is 2.31. The van der Waals surface area contributed by atoms with Crippen molar-refractivity contribution in [1.29, 1.82) is 0 Å². The van der Waals surface area contributed by atoms with Gasteiger partial charge >= 0.3 is 5.97 Å². The molecule has 0 aliphatic heterocycles. The number of rotatable bonds is 5. The zero-order valence-corrected chi connectivity index (χ0v) is 11.0. The van der Waals surface area contributed by atoms with E-state index in [4.69, 9.17) is 9.47 Å². The lowest BCUT2D eigenvalue weighted by Gasteiger charge is -2.20. The molecule has 1 aromatic carbocycles. The summed E-state index contributed by atoms with van der Waals surface area (Å²) in [6, 6.07) is 5.20. The molecule has 0 fully saturated rings. The van der Waals surface area contributed by atoms with Crippen LogP contribution >= 0.6 is 0 Å². The molecule has 1 unspecified atom stereocenters. The second kappa shape index (κ2) is 5.73. The van der Waals surface area contributed by atoms with E-state index in [0.29, 0.717) is 11.5 Å². The quantitative estimate of drug-likeness (QED) is 0.799. The van der Waals surface area contributed by atoms with Crippen LogP contribution in [0.15, 0.2) is 18.2 Å². The van der Waals surface area contributed by atoms with Gasteiger partial charge in [0.1, 0.15) is 0 Å². The average Bonchev–Trinajstić information content (AvgIpc) is 2.36. The molecule has 0 spiro atoms. The van der Waals surface area contributed by atoms with Gasteiger partial charge < -0.3 is 19.3 Å². The van der Waals surface area contributed by atoms with E-state index in [0.717, 1.165) is 5.56 Å². The Morgan fingerprint density at radius 2 is 1.83 bits per heavy atom. The highest BCUT2D eigenvalue weighted by Crippen LogP contribution is 2.29. The van der Waals surface area contributed by atoms with Gasteiger partial charge in [-0.15, -0.1) is 0 Å². The minimum atomic E-state index is -1.56. The Hall–Kier alpha value is -1.75. The predicted octanol–water partition coefficient (Wildman–Crippen LogP) is 1.17.